The lowest BCUT2D eigenvalue weighted by Crippen LogP contribution is -2.70. The molecule has 0 unspecified atom stereocenters. The maximum atomic E-state index is 9.98. The Labute approximate surface area is 199 Å². The van der Waals surface area contributed by atoms with E-state index >= 15 is 0 Å². The van der Waals surface area contributed by atoms with Crippen molar-refractivity contribution < 1.29 is 43.4 Å². The van der Waals surface area contributed by atoms with Crippen molar-refractivity contribution in [3.8, 4) is 17.1 Å². The molecule has 0 amide bonds. The number of phenols is 1. The van der Waals surface area contributed by atoms with Gasteiger partial charge in [0, 0.05) is 36.5 Å². The molecule has 0 aliphatic carbocycles. The number of rotatable bonds is 5. The molecular weight excluding hydrogens is 460 g/mol. The van der Waals surface area contributed by atoms with Gasteiger partial charge in [-0.15, -0.1) is 10.2 Å². The number of aromatic hydroxyl groups is 1. The minimum Gasteiger partial charge on any atom is -0.508 e. The number of hydrogen-bond donors (Lipinski definition) is 2. The molecule has 4 rings (SSSR count). The van der Waals surface area contributed by atoms with Gasteiger partial charge in [0.25, 0.3) is 0 Å². The zero-order chi connectivity index (χ0) is 24.7. The molecule has 0 aliphatic heterocycles. The monoisotopic (exact) mass is 484 g/mol. The SMILES string of the molecule is CCN(CC)c1ccc([NH+]=c2cc(-c3ccccc3)oc3ccc(O)cc23)cc1.[O-][Cl+3]([O-])([O-])[O-]. The second-order valence-electron chi connectivity index (χ2n) is 7.29. The second-order valence-corrected chi connectivity index (χ2v) is 8.05. The fourth-order valence-corrected chi connectivity index (χ4v) is 3.52. The van der Waals surface area contributed by atoms with E-state index < -0.39 is 10.2 Å². The number of benzene rings is 3. The molecule has 178 valence electrons. The standard InChI is InChI=1S/C25H24N2O2.ClHO4/c1-3-27(4-2)20-12-10-19(11-13-20)26-23-17-25(18-8-6-5-7-9-18)29-24-15-14-21(28)16-22(23)24;2-1(3,4)5/h5-17,28H,3-4H2,1-2H3;(H,2,3,4,5). The Balaban J connectivity index is 0.000000588. The van der Waals surface area contributed by atoms with Crippen LogP contribution >= 0.6 is 0 Å². The number of hydrogen-bond acceptors (Lipinski definition) is 7. The van der Waals surface area contributed by atoms with Crippen LogP contribution < -0.4 is 33.9 Å². The number of nitrogens with one attached hydrogen (secondary N) is 1. The molecule has 0 saturated carbocycles. The molecule has 2 N–H and O–H groups in total. The van der Waals surface area contributed by atoms with E-state index in [2.05, 4.69) is 48.0 Å². The molecule has 3 aromatic carbocycles. The van der Waals surface area contributed by atoms with Crippen LogP contribution in [0.5, 0.6) is 5.75 Å². The average Bonchev–Trinajstić information content (AvgIpc) is 2.80. The van der Waals surface area contributed by atoms with Gasteiger partial charge in [-0.3, -0.25) is 0 Å². The number of fused-ring (bicyclic) bond motifs is 1. The first kappa shape index (κ1) is 25.2. The third-order valence-corrected chi connectivity index (χ3v) is 5.08. The van der Waals surface area contributed by atoms with Crippen LogP contribution in [0.1, 0.15) is 13.8 Å². The molecule has 0 fully saturated rings. The summed E-state index contributed by atoms with van der Waals surface area (Å²) < 4.78 is 40.1. The molecule has 1 aromatic heterocycles. The molecule has 0 atom stereocenters. The molecule has 0 bridgehead atoms. The molecular formula is C25H25ClN2O6. The zero-order valence-corrected chi connectivity index (χ0v) is 19.5. The van der Waals surface area contributed by atoms with Crippen molar-refractivity contribution >= 4 is 22.3 Å². The first-order valence-electron chi connectivity index (χ1n) is 10.6. The van der Waals surface area contributed by atoms with E-state index in [1.165, 1.54) is 5.69 Å². The summed E-state index contributed by atoms with van der Waals surface area (Å²) in [6.07, 6.45) is 0. The summed E-state index contributed by atoms with van der Waals surface area (Å²) in [5, 5.41) is 11.7. The van der Waals surface area contributed by atoms with Gasteiger partial charge in [0.05, 0.1) is 11.5 Å². The lowest BCUT2D eigenvalue weighted by molar-refractivity contribution is -2.00. The Kier molecular flexibility index (Phi) is 8.27. The quantitative estimate of drug-likeness (QED) is 0.378. The molecule has 0 saturated heterocycles. The van der Waals surface area contributed by atoms with Gasteiger partial charge in [-0.2, -0.15) is 0 Å². The van der Waals surface area contributed by atoms with Crippen molar-refractivity contribution in [1.82, 2.24) is 0 Å². The van der Waals surface area contributed by atoms with Crippen LogP contribution in [0.3, 0.4) is 0 Å². The Morgan fingerprint density at radius 3 is 2.06 bits per heavy atom. The van der Waals surface area contributed by atoms with Crippen LogP contribution in [0.2, 0.25) is 0 Å². The predicted octanol–water partition coefficient (Wildman–Crippen LogP) is -0.791. The summed E-state index contributed by atoms with van der Waals surface area (Å²) in [7, 11) is -4.94. The summed E-state index contributed by atoms with van der Waals surface area (Å²) in [6, 6.07) is 25.6. The van der Waals surface area contributed by atoms with Crippen LogP contribution in [0.4, 0.5) is 11.4 Å². The Hall–Kier alpha value is -3.40. The lowest BCUT2D eigenvalue weighted by Gasteiger charge is -2.20. The average molecular weight is 485 g/mol. The summed E-state index contributed by atoms with van der Waals surface area (Å²) in [5.41, 5.74) is 3.90. The van der Waals surface area contributed by atoms with Gasteiger partial charge in [0.15, 0.2) is 0 Å². The summed E-state index contributed by atoms with van der Waals surface area (Å²) >= 11 is 0. The third-order valence-electron chi connectivity index (χ3n) is 5.08. The van der Waals surface area contributed by atoms with E-state index in [-0.39, 0.29) is 5.75 Å². The van der Waals surface area contributed by atoms with Crippen molar-refractivity contribution in [1.29, 1.82) is 0 Å². The van der Waals surface area contributed by atoms with Crippen molar-refractivity contribution in [2.45, 2.75) is 13.8 Å². The van der Waals surface area contributed by atoms with Crippen LogP contribution in [-0.2, 0) is 0 Å². The van der Waals surface area contributed by atoms with Gasteiger partial charge >= 0.3 is 0 Å². The molecule has 8 nitrogen and oxygen atoms in total. The molecule has 0 spiro atoms. The van der Waals surface area contributed by atoms with E-state index in [0.717, 1.165) is 40.8 Å². The molecule has 0 radical (unpaired) electrons. The summed E-state index contributed by atoms with van der Waals surface area (Å²) in [6.45, 7) is 6.28. The fraction of sp³-hybridized carbons (Fsp3) is 0.160. The first-order chi connectivity index (χ1) is 16.2. The van der Waals surface area contributed by atoms with Crippen LogP contribution in [0.25, 0.3) is 22.3 Å². The highest BCUT2D eigenvalue weighted by atomic mass is 35.7. The van der Waals surface area contributed by atoms with Crippen molar-refractivity contribution in [2.75, 3.05) is 18.0 Å². The van der Waals surface area contributed by atoms with Crippen molar-refractivity contribution in [3.05, 3.63) is 84.2 Å². The smallest absolute Gasteiger partial charge is 0.218 e. The molecule has 1 heterocycles. The number of nitrogens with zero attached hydrogens (tertiary/aromatic N) is 1. The summed E-state index contributed by atoms with van der Waals surface area (Å²) in [4.78, 5) is 5.81. The molecule has 0 aliphatic rings. The van der Waals surface area contributed by atoms with Gasteiger partial charge in [-0.25, -0.2) is 23.6 Å². The molecule has 9 heteroatoms. The normalized spacial score (nSPS) is 11.8. The highest BCUT2D eigenvalue weighted by Gasteiger charge is 2.11. The van der Waals surface area contributed by atoms with Crippen LogP contribution in [0, 0.1) is 10.2 Å². The Morgan fingerprint density at radius 2 is 1.47 bits per heavy atom. The highest BCUT2D eigenvalue weighted by Crippen LogP contribution is 2.23. The predicted molar refractivity (Wildman–Crippen MR) is 117 cm³/mol. The Morgan fingerprint density at radius 1 is 0.853 bits per heavy atom. The van der Waals surface area contributed by atoms with Gasteiger partial charge in [-0.1, -0.05) is 30.3 Å². The maximum absolute atomic E-state index is 9.98. The number of anilines is 1. The van der Waals surface area contributed by atoms with Crippen LogP contribution in [0.15, 0.2) is 83.3 Å². The van der Waals surface area contributed by atoms with E-state index in [4.69, 9.17) is 23.1 Å². The minimum absolute atomic E-state index is 0.208. The van der Waals surface area contributed by atoms with E-state index in [1.54, 1.807) is 18.2 Å². The van der Waals surface area contributed by atoms with Gasteiger partial charge < -0.3 is 14.4 Å². The topological polar surface area (TPSA) is 143 Å². The number of phenolic OH excluding ortho intramolecular Hbond substituents is 1. The van der Waals surface area contributed by atoms with E-state index in [1.807, 2.05) is 36.4 Å². The van der Waals surface area contributed by atoms with Crippen molar-refractivity contribution in [3.63, 3.8) is 0 Å². The highest BCUT2D eigenvalue weighted by molar-refractivity contribution is 5.79. The van der Waals surface area contributed by atoms with Gasteiger partial charge in [0.1, 0.15) is 17.1 Å². The second kappa shape index (κ2) is 11.1. The minimum atomic E-state index is -4.94. The van der Waals surface area contributed by atoms with E-state index in [9.17, 15) is 5.11 Å². The number of halogens is 1. The third kappa shape index (κ3) is 7.05. The Bertz CT molecular complexity index is 1280. The fourth-order valence-electron chi connectivity index (χ4n) is 3.52. The maximum Gasteiger partial charge on any atom is 0.218 e. The first-order valence-corrected chi connectivity index (χ1v) is 11.8. The van der Waals surface area contributed by atoms with Crippen LogP contribution in [-0.4, -0.2) is 18.2 Å². The van der Waals surface area contributed by atoms with Gasteiger partial charge in [0.2, 0.25) is 11.0 Å². The van der Waals surface area contributed by atoms with Crippen molar-refractivity contribution in [2.24, 2.45) is 0 Å². The van der Waals surface area contributed by atoms with Gasteiger partial charge in [-0.05, 0) is 44.2 Å². The lowest BCUT2D eigenvalue weighted by atomic mass is 10.1. The summed E-state index contributed by atoms with van der Waals surface area (Å²) in [5.74, 6) is 0.978. The van der Waals surface area contributed by atoms with E-state index in [0.29, 0.717) is 5.58 Å². The zero-order valence-electron chi connectivity index (χ0n) is 18.7. The molecule has 34 heavy (non-hydrogen) atoms. The largest absolute Gasteiger partial charge is 0.508 e. The molecule has 4 aromatic rings.